The van der Waals surface area contributed by atoms with Gasteiger partial charge in [-0.1, -0.05) is 49.4 Å². The van der Waals surface area contributed by atoms with E-state index in [0.717, 1.165) is 17.5 Å². The lowest BCUT2D eigenvalue weighted by Crippen LogP contribution is -2.33. The second kappa shape index (κ2) is 9.32. The molecule has 1 N–H and O–H groups in total. The molecule has 0 aliphatic heterocycles. The van der Waals surface area contributed by atoms with Gasteiger partial charge in [0, 0.05) is 6.54 Å². The second-order valence-corrected chi connectivity index (χ2v) is 7.35. The summed E-state index contributed by atoms with van der Waals surface area (Å²) in [4.78, 5) is 24.7. The molecule has 0 spiro atoms. The first-order chi connectivity index (χ1) is 14.0. The molecule has 0 bridgehead atoms. The van der Waals surface area contributed by atoms with E-state index in [1.165, 1.54) is 0 Å². The van der Waals surface area contributed by atoms with Gasteiger partial charge >= 0.3 is 5.97 Å². The molecule has 1 atom stereocenters. The number of carbonyl (C=O) groups is 2. The van der Waals surface area contributed by atoms with Crippen LogP contribution in [-0.4, -0.2) is 33.5 Å². The number of rotatable bonds is 8. The molecule has 7 heteroatoms. The first kappa shape index (κ1) is 20.5. The number of fused-ring (bicyclic) bond motifs is 1. The van der Waals surface area contributed by atoms with Gasteiger partial charge in [-0.3, -0.25) is 4.79 Å². The van der Waals surface area contributed by atoms with Crippen molar-refractivity contribution in [1.29, 1.82) is 0 Å². The SMILES string of the molecule is CCn1nnc2cc(C(=O)OCC(=O)N[C@@H](CC(C)C)c3ccccc3)ccc21. The smallest absolute Gasteiger partial charge is 0.338 e. The topological polar surface area (TPSA) is 86.1 Å². The van der Waals surface area contributed by atoms with Gasteiger partial charge in [-0.25, -0.2) is 9.48 Å². The lowest BCUT2D eigenvalue weighted by Gasteiger charge is -2.21. The Hall–Kier alpha value is -3.22. The summed E-state index contributed by atoms with van der Waals surface area (Å²) in [7, 11) is 0. The molecular weight excluding hydrogens is 368 g/mol. The molecule has 29 heavy (non-hydrogen) atoms. The molecule has 7 nitrogen and oxygen atoms in total. The number of ether oxygens (including phenoxy) is 1. The van der Waals surface area contributed by atoms with Crippen molar-refractivity contribution in [3.8, 4) is 0 Å². The van der Waals surface area contributed by atoms with Crippen LogP contribution >= 0.6 is 0 Å². The fraction of sp³-hybridized carbons (Fsp3) is 0.364. The Morgan fingerprint density at radius 3 is 2.59 bits per heavy atom. The zero-order valence-electron chi connectivity index (χ0n) is 17.0. The fourth-order valence-corrected chi connectivity index (χ4v) is 3.22. The molecule has 0 aliphatic carbocycles. The average Bonchev–Trinajstić information content (AvgIpc) is 3.14. The van der Waals surface area contributed by atoms with Crippen LogP contribution < -0.4 is 5.32 Å². The number of nitrogens with zero attached hydrogens (tertiary/aromatic N) is 3. The molecule has 0 saturated carbocycles. The Morgan fingerprint density at radius 1 is 1.14 bits per heavy atom. The van der Waals surface area contributed by atoms with Gasteiger partial charge in [0.25, 0.3) is 5.91 Å². The van der Waals surface area contributed by atoms with Crippen LogP contribution in [-0.2, 0) is 16.1 Å². The monoisotopic (exact) mass is 394 g/mol. The van der Waals surface area contributed by atoms with E-state index in [4.69, 9.17) is 4.74 Å². The molecule has 1 aromatic heterocycles. The molecule has 0 aliphatic rings. The van der Waals surface area contributed by atoms with E-state index >= 15 is 0 Å². The van der Waals surface area contributed by atoms with Gasteiger partial charge in [0.05, 0.1) is 17.1 Å². The lowest BCUT2D eigenvalue weighted by molar-refractivity contribution is -0.125. The predicted octanol–water partition coefficient (Wildman–Crippen LogP) is 3.51. The Kier molecular flexibility index (Phi) is 6.59. The zero-order chi connectivity index (χ0) is 20.8. The molecule has 1 amide bonds. The van der Waals surface area contributed by atoms with Crippen molar-refractivity contribution in [3.05, 3.63) is 59.7 Å². The number of benzene rings is 2. The maximum atomic E-state index is 12.4. The van der Waals surface area contributed by atoms with Gasteiger partial charge in [0.1, 0.15) is 5.52 Å². The summed E-state index contributed by atoms with van der Waals surface area (Å²) in [6.07, 6.45) is 0.799. The van der Waals surface area contributed by atoms with E-state index in [0.29, 0.717) is 23.5 Å². The van der Waals surface area contributed by atoms with E-state index in [2.05, 4.69) is 29.5 Å². The van der Waals surface area contributed by atoms with Gasteiger partial charge in [0.15, 0.2) is 6.61 Å². The fourth-order valence-electron chi connectivity index (χ4n) is 3.22. The Morgan fingerprint density at radius 2 is 1.90 bits per heavy atom. The van der Waals surface area contributed by atoms with Gasteiger partial charge in [-0.05, 0) is 43.0 Å². The standard InChI is InChI=1S/C22H26N4O3/c1-4-26-20-11-10-17(13-19(20)24-25-26)22(28)29-14-21(27)23-18(12-15(2)3)16-8-6-5-7-9-16/h5-11,13,15,18H,4,12,14H2,1-3H3,(H,23,27)/t18-/m0/s1. The third-order valence-corrected chi connectivity index (χ3v) is 4.63. The number of esters is 1. The molecule has 152 valence electrons. The largest absolute Gasteiger partial charge is 0.452 e. The van der Waals surface area contributed by atoms with Crippen molar-refractivity contribution in [2.45, 2.75) is 39.8 Å². The van der Waals surface area contributed by atoms with Crippen LogP contribution in [0.3, 0.4) is 0 Å². The molecule has 0 saturated heterocycles. The highest BCUT2D eigenvalue weighted by molar-refractivity contribution is 5.94. The average molecular weight is 394 g/mol. The Balaban J connectivity index is 1.61. The number of hydrogen-bond donors (Lipinski definition) is 1. The minimum Gasteiger partial charge on any atom is -0.452 e. The van der Waals surface area contributed by atoms with E-state index < -0.39 is 5.97 Å². The van der Waals surface area contributed by atoms with Gasteiger partial charge in [0.2, 0.25) is 0 Å². The van der Waals surface area contributed by atoms with Crippen molar-refractivity contribution >= 4 is 22.9 Å². The number of aromatic nitrogens is 3. The van der Waals surface area contributed by atoms with E-state index in [-0.39, 0.29) is 18.6 Å². The minimum atomic E-state index is -0.562. The Bertz CT molecular complexity index is 982. The number of nitrogens with one attached hydrogen (secondary N) is 1. The predicted molar refractivity (Wildman–Crippen MR) is 110 cm³/mol. The van der Waals surface area contributed by atoms with Crippen LogP contribution in [0.2, 0.25) is 0 Å². The molecule has 3 aromatic rings. The summed E-state index contributed by atoms with van der Waals surface area (Å²) < 4.78 is 6.95. The molecule has 3 rings (SSSR count). The highest BCUT2D eigenvalue weighted by Gasteiger charge is 2.18. The molecule has 0 unspecified atom stereocenters. The quantitative estimate of drug-likeness (QED) is 0.591. The van der Waals surface area contributed by atoms with Crippen molar-refractivity contribution < 1.29 is 14.3 Å². The number of amides is 1. The zero-order valence-corrected chi connectivity index (χ0v) is 17.0. The number of hydrogen-bond acceptors (Lipinski definition) is 5. The van der Waals surface area contributed by atoms with Gasteiger partial charge in [-0.2, -0.15) is 0 Å². The highest BCUT2D eigenvalue weighted by Crippen LogP contribution is 2.21. The lowest BCUT2D eigenvalue weighted by atomic mass is 9.97. The van der Waals surface area contributed by atoms with Crippen LogP contribution in [0.5, 0.6) is 0 Å². The second-order valence-electron chi connectivity index (χ2n) is 7.35. The van der Waals surface area contributed by atoms with E-state index in [9.17, 15) is 9.59 Å². The molecule has 0 fully saturated rings. The Labute approximate surface area is 170 Å². The van der Waals surface area contributed by atoms with Crippen LogP contribution in [0.4, 0.5) is 0 Å². The van der Waals surface area contributed by atoms with Crippen LogP contribution in [0.15, 0.2) is 48.5 Å². The summed E-state index contributed by atoms with van der Waals surface area (Å²) in [6, 6.07) is 14.7. The normalized spacial score (nSPS) is 12.1. The highest BCUT2D eigenvalue weighted by atomic mass is 16.5. The van der Waals surface area contributed by atoms with E-state index in [1.807, 2.05) is 37.3 Å². The molecular formula is C22H26N4O3. The molecule has 2 aromatic carbocycles. The van der Waals surface area contributed by atoms with Gasteiger partial charge in [-0.15, -0.1) is 5.10 Å². The summed E-state index contributed by atoms with van der Waals surface area (Å²) in [5, 5.41) is 11.0. The van der Waals surface area contributed by atoms with Crippen LogP contribution in [0.1, 0.15) is 49.2 Å². The third-order valence-electron chi connectivity index (χ3n) is 4.63. The maximum absolute atomic E-state index is 12.4. The van der Waals surface area contributed by atoms with Crippen molar-refractivity contribution in [2.75, 3.05) is 6.61 Å². The summed E-state index contributed by atoms with van der Waals surface area (Å²) >= 11 is 0. The third kappa shape index (κ3) is 5.19. The van der Waals surface area contributed by atoms with Gasteiger partial charge < -0.3 is 10.1 Å². The summed E-state index contributed by atoms with van der Waals surface area (Å²) in [6.45, 7) is 6.54. The summed E-state index contributed by atoms with van der Waals surface area (Å²) in [5.41, 5.74) is 2.84. The first-order valence-corrected chi connectivity index (χ1v) is 9.82. The molecule has 1 heterocycles. The summed E-state index contributed by atoms with van der Waals surface area (Å²) in [5.74, 6) is -0.481. The first-order valence-electron chi connectivity index (χ1n) is 9.82. The van der Waals surface area contributed by atoms with Crippen LogP contribution in [0, 0.1) is 5.92 Å². The maximum Gasteiger partial charge on any atom is 0.338 e. The van der Waals surface area contributed by atoms with Crippen molar-refractivity contribution in [1.82, 2.24) is 20.3 Å². The number of aryl methyl sites for hydroxylation is 1. The van der Waals surface area contributed by atoms with E-state index in [1.54, 1.807) is 22.9 Å². The van der Waals surface area contributed by atoms with Crippen molar-refractivity contribution in [2.24, 2.45) is 5.92 Å². The van der Waals surface area contributed by atoms with Crippen LogP contribution in [0.25, 0.3) is 11.0 Å². The molecule has 0 radical (unpaired) electrons. The minimum absolute atomic E-state index is 0.122. The number of carbonyl (C=O) groups excluding carboxylic acids is 2. The van der Waals surface area contributed by atoms with Crippen molar-refractivity contribution in [3.63, 3.8) is 0 Å².